The molecule has 0 rings (SSSR count). The average Bonchev–Trinajstić information content (AvgIpc) is 2.24. The molecule has 0 saturated carbocycles. The van der Waals surface area contributed by atoms with E-state index in [9.17, 15) is 14.7 Å². The van der Waals surface area contributed by atoms with E-state index in [1.165, 1.54) is 14.0 Å². The van der Waals surface area contributed by atoms with Gasteiger partial charge in [-0.1, -0.05) is 0 Å². The predicted octanol–water partition coefficient (Wildman–Crippen LogP) is -1.82. The van der Waals surface area contributed by atoms with E-state index in [4.69, 9.17) is 4.74 Å². The van der Waals surface area contributed by atoms with Gasteiger partial charge in [0.1, 0.15) is 0 Å². The van der Waals surface area contributed by atoms with Crippen molar-refractivity contribution in [3.63, 3.8) is 0 Å². The van der Waals surface area contributed by atoms with Crippen LogP contribution in [0.2, 0.25) is 0 Å². The highest BCUT2D eigenvalue weighted by Crippen LogP contribution is 1.89. The summed E-state index contributed by atoms with van der Waals surface area (Å²) in [6.45, 7) is 3.04. The van der Waals surface area contributed by atoms with Gasteiger partial charge in [0.25, 0.3) is 0 Å². The predicted molar refractivity (Wildman–Crippen MR) is 67.1 cm³/mol. The highest BCUT2D eigenvalue weighted by atomic mass is 16.5. The summed E-state index contributed by atoms with van der Waals surface area (Å²) in [5.41, 5.74) is 0. The van der Waals surface area contributed by atoms with Crippen LogP contribution >= 0.6 is 0 Å². The van der Waals surface area contributed by atoms with E-state index in [-0.39, 0.29) is 25.0 Å². The van der Waals surface area contributed by atoms with Gasteiger partial charge in [-0.25, -0.2) is 0 Å². The largest absolute Gasteiger partial charge is 0.389 e. The molecule has 7 nitrogen and oxygen atoms in total. The van der Waals surface area contributed by atoms with Crippen LogP contribution in [0.25, 0.3) is 0 Å². The minimum atomic E-state index is -0.604. The number of carbonyl (C=O) groups excluding carboxylic acids is 2. The number of amides is 2. The number of hydrogen-bond donors (Lipinski definition) is 3. The Morgan fingerprint density at radius 1 is 1.33 bits per heavy atom. The second-order valence-electron chi connectivity index (χ2n) is 4.14. The fraction of sp³-hybridized carbons (Fsp3) is 0.818. The molecule has 2 amide bonds. The number of ether oxygens (including phenoxy) is 1. The number of methoxy groups -OCH3 is 1. The first-order chi connectivity index (χ1) is 8.45. The maximum Gasteiger partial charge on any atom is 0.234 e. The lowest BCUT2D eigenvalue weighted by atomic mass is 10.3. The number of nitrogens with one attached hydrogen (secondary N) is 2. The molecule has 0 aliphatic carbocycles. The molecule has 1 atom stereocenters. The Bertz CT molecular complexity index is 261. The van der Waals surface area contributed by atoms with E-state index < -0.39 is 6.10 Å². The van der Waals surface area contributed by atoms with Gasteiger partial charge in [-0.15, -0.1) is 0 Å². The molecular weight excluding hydrogens is 238 g/mol. The zero-order valence-corrected chi connectivity index (χ0v) is 11.2. The molecule has 0 fully saturated rings. The SMILES string of the molecule is COCC(O)CN(C)CC(=O)NCCNC(C)=O. The van der Waals surface area contributed by atoms with Crippen LogP contribution in [0.3, 0.4) is 0 Å². The van der Waals surface area contributed by atoms with Gasteiger partial charge in [-0.2, -0.15) is 0 Å². The molecule has 0 heterocycles. The van der Waals surface area contributed by atoms with E-state index in [1.807, 2.05) is 0 Å². The Balaban J connectivity index is 3.63. The van der Waals surface area contributed by atoms with Crippen molar-refractivity contribution in [1.29, 1.82) is 0 Å². The van der Waals surface area contributed by atoms with Gasteiger partial charge >= 0.3 is 0 Å². The number of hydrogen-bond acceptors (Lipinski definition) is 5. The molecule has 0 radical (unpaired) electrons. The number of aliphatic hydroxyl groups excluding tert-OH is 1. The van der Waals surface area contributed by atoms with Crippen LogP contribution in [-0.4, -0.2) is 74.9 Å². The van der Waals surface area contributed by atoms with E-state index in [1.54, 1.807) is 11.9 Å². The second-order valence-corrected chi connectivity index (χ2v) is 4.14. The van der Waals surface area contributed by atoms with Crippen LogP contribution in [-0.2, 0) is 14.3 Å². The number of likely N-dealkylation sites (N-methyl/N-ethyl adjacent to an activating group) is 1. The van der Waals surface area contributed by atoms with E-state index in [0.29, 0.717) is 19.6 Å². The molecule has 0 saturated heterocycles. The van der Waals surface area contributed by atoms with Crippen LogP contribution in [0.15, 0.2) is 0 Å². The van der Waals surface area contributed by atoms with E-state index in [0.717, 1.165) is 0 Å². The summed E-state index contributed by atoms with van der Waals surface area (Å²) in [6.07, 6.45) is -0.604. The maximum atomic E-state index is 11.5. The van der Waals surface area contributed by atoms with Crippen LogP contribution in [0.5, 0.6) is 0 Å². The Morgan fingerprint density at radius 2 is 1.94 bits per heavy atom. The van der Waals surface area contributed by atoms with Crippen LogP contribution in [0.1, 0.15) is 6.92 Å². The molecule has 0 bridgehead atoms. The summed E-state index contributed by atoms with van der Waals surface area (Å²) in [4.78, 5) is 23.7. The van der Waals surface area contributed by atoms with Crippen LogP contribution in [0, 0.1) is 0 Å². The Labute approximate surface area is 107 Å². The minimum Gasteiger partial charge on any atom is -0.389 e. The number of nitrogens with zero attached hydrogens (tertiary/aromatic N) is 1. The summed E-state index contributed by atoms with van der Waals surface area (Å²) in [5.74, 6) is -0.267. The molecule has 0 aromatic rings. The zero-order valence-electron chi connectivity index (χ0n) is 11.2. The Kier molecular flexibility index (Phi) is 9.17. The van der Waals surface area contributed by atoms with Gasteiger partial charge < -0.3 is 20.5 Å². The Hall–Kier alpha value is -1.18. The van der Waals surface area contributed by atoms with Gasteiger partial charge in [0.2, 0.25) is 11.8 Å². The summed E-state index contributed by atoms with van der Waals surface area (Å²) in [6, 6.07) is 0. The van der Waals surface area contributed by atoms with E-state index in [2.05, 4.69) is 10.6 Å². The van der Waals surface area contributed by atoms with Gasteiger partial charge in [0.15, 0.2) is 0 Å². The van der Waals surface area contributed by atoms with Crippen molar-refractivity contribution >= 4 is 11.8 Å². The molecular formula is C11H23N3O4. The summed E-state index contributed by atoms with van der Waals surface area (Å²) >= 11 is 0. The second kappa shape index (κ2) is 9.81. The van der Waals surface area contributed by atoms with Gasteiger partial charge in [0, 0.05) is 33.7 Å². The van der Waals surface area contributed by atoms with Gasteiger partial charge in [-0.05, 0) is 7.05 Å². The third-order valence-electron chi connectivity index (χ3n) is 2.12. The first-order valence-electron chi connectivity index (χ1n) is 5.82. The minimum absolute atomic E-state index is 0.121. The molecule has 7 heteroatoms. The van der Waals surface area contributed by atoms with Gasteiger partial charge in [0.05, 0.1) is 19.3 Å². The lowest BCUT2D eigenvalue weighted by molar-refractivity contribution is -0.123. The molecule has 18 heavy (non-hydrogen) atoms. The molecule has 0 aromatic carbocycles. The first-order valence-corrected chi connectivity index (χ1v) is 5.82. The lowest BCUT2D eigenvalue weighted by Gasteiger charge is -2.19. The molecule has 3 N–H and O–H groups in total. The summed E-state index contributed by atoms with van der Waals surface area (Å²) < 4.78 is 4.79. The van der Waals surface area contributed by atoms with E-state index >= 15 is 0 Å². The highest BCUT2D eigenvalue weighted by Gasteiger charge is 2.10. The smallest absolute Gasteiger partial charge is 0.234 e. The lowest BCUT2D eigenvalue weighted by Crippen LogP contribution is -2.41. The van der Waals surface area contributed by atoms with Crippen molar-refractivity contribution in [3.8, 4) is 0 Å². The Morgan fingerprint density at radius 3 is 2.50 bits per heavy atom. The van der Waals surface area contributed by atoms with Crippen molar-refractivity contribution in [2.75, 3.05) is 46.9 Å². The monoisotopic (exact) mass is 261 g/mol. The van der Waals surface area contributed by atoms with Crippen molar-refractivity contribution in [1.82, 2.24) is 15.5 Å². The van der Waals surface area contributed by atoms with Crippen molar-refractivity contribution in [3.05, 3.63) is 0 Å². The van der Waals surface area contributed by atoms with Gasteiger partial charge in [-0.3, -0.25) is 14.5 Å². The topological polar surface area (TPSA) is 90.9 Å². The molecule has 0 aromatic heterocycles. The summed E-state index contributed by atoms with van der Waals surface area (Å²) in [7, 11) is 3.25. The number of rotatable bonds is 9. The molecule has 1 unspecified atom stereocenters. The maximum absolute atomic E-state index is 11.5. The normalized spacial score (nSPS) is 12.3. The van der Waals surface area contributed by atoms with Crippen LogP contribution in [0.4, 0.5) is 0 Å². The molecule has 106 valence electrons. The highest BCUT2D eigenvalue weighted by molar-refractivity contribution is 5.78. The third kappa shape index (κ3) is 10.0. The molecule has 0 aliphatic heterocycles. The number of carbonyl (C=O) groups is 2. The average molecular weight is 261 g/mol. The first kappa shape index (κ1) is 16.8. The number of aliphatic hydroxyl groups is 1. The quantitative estimate of drug-likeness (QED) is 0.425. The molecule has 0 aliphatic rings. The zero-order chi connectivity index (χ0) is 14.0. The van der Waals surface area contributed by atoms with Crippen LogP contribution < -0.4 is 10.6 Å². The fourth-order valence-corrected chi connectivity index (χ4v) is 1.41. The molecule has 0 spiro atoms. The fourth-order valence-electron chi connectivity index (χ4n) is 1.41. The third-order valence-corrected chi connectivity index (χ3v) is 2.12. The standard InChI is InChI=1S/C11H23N3O4/c1-9(15)12-4-5-13-11(17)7-14(2)6-10(16)8-18-3/h10,16H,4-8H2,1-3H3,(H,12,15)(H,13,17). The summed E-state index contributed by atoms with van der Waals surface area (Å²) in [5, 5.41) is 14.7. The van der Waals surface area contributed by atoms with Crippen molar-refractivity contribution < 1.29 is 19.4 Å². The van der Waals surface area contributed by atoms with Crippen molar-refractivity contribution in [2.45, 2.75) is 13.0 Å². The van der Waals surface area contributed by atoms with Crippen molar-refractivity contribution in [2.24, 2.45) is 0 Å².